The first kappa shape index (κ1) is 12.3. The molecule has 0 aliphatic heterocycles. The summed E-state index contributed by atoms with van der Waals surface area (Å²) in [4.78, 5) is 22.7. The Morgan fingerprint density at radius 2 is 2.18 bits per heavy atom. The van der Waals surface area contributed by atoms with Gasteiger partial charge in [0.25, 0.3) is 0 Å². The number of fused-ring (bicyclic) bond motifs is 1. The molecule has 0 aromatic carbocycles. The third-order valence-corrected chi connectivity index (χ3v) is 4.14. The van der Waals surface area contributed by atoms with Gasteiger partial charge in [0.1, 0.15) is 6.10 Å². The number of esters is 1. The van der Waals surface area contributed by atoms with Gasteiger partial charge in [0.2, 0.25) is 0 Å². The van der Waals surface area contributed by atoms with E-state index in [2.05, 4.69) is 6.92 Å². The molecule has 0 spiro atoms. The first-order valence-corrected chi connectivity index (χ1v) is 6.43. The lowest BCUT2D eigenvalue weighted by Gasteiger charge is -2.39. The molecule has 2 atom stereocenters. The Morgan fingerprint density at radius 3 is 2.88 bits per heavy atom. The molecule has 2 rings (SSSR count). The van der Waals surface area contributed by atoms with Crippen LogP contribution in [0, 0.1) is 5.41 Å². The summed E-state index contributed by atoms with van der Waals surface area (Å²) in [6, 6.07) is 0. The van der Waals surface area contributed by atoms with Crippen LogP contribution in [0.3, 0.4) is 0 Å². The van der Waals surface area contributed by atoms with E-state index in [-0.39, 0.29) is 23.3 Å². The maximum absolute atomic E-state index is 11.5. The van der Waals surface area contributed by atoms with Crippen molar-refractivity contribution in [3.63, 3.8) is 0 Å². The molecule has 0 radical (unpaired) electrons. The summed E-state index contributed by atoms with van der Waals surface area (Å²) >= 11 is 0. The Labute approximate surface area is 102 Å². The quantitative estimate of drug-likeness (QED) is 0.657. The zero-order valence-corrected chi connectivity index (χ0v) is 10.6. The number of allylic oxidation sites excluding steroid dienone is 1. The highest BCUT2D eigenvalue weighted by Crippen LogP contribution is 2.46. The predicted octanol–water partition coefficient (Wildman–Crippen LogP) is 2.79. The summed E-state index contributed by atoms with van der Waals surface area (Å²) in [6.45, 7) is 3.61. The van der Waals surface area contributed by atoms with Crippen molar-refractivity contribution in [3.05, 3.63) is 11.6 Å². The van der Waals surface area contributed by atoms with Crippen LogP contribution in [0.25, 0.3) is 0 Å². The van der Waals surface area contributed by atoms with E-state index in [0.717, 1.165) is 32.1 Å². The Hall–Kier alpha value is -1.12. The van der Waals surface area contributed by atoms with E-state index in [0.29, 0.717) is 6.42 Å². The van der Waals surface area contributed by atoms with Gasteiger partial charge in [-0.1, -0.05) is 12.5 Å². The standard InChI is InChI=1S/C14H20O3/c1-10(15)17-13-6-4-3-5-11-9-12(16)7-8-14(11,13)2/h9,13H,3-8H2,1-2H3/t13-,14+/m1/s1. The Bertz CT molecular complexity index is 370. The van der Waals surface area contributed by atoms with Crippen LogP contribution >= 0.6 is 0 Å². The van der Waals surface area contributed by atoms with Crippen molar-refractivity contribution < 1.29 is 14.3 Å². The van der Waals surface area contributed by atoms with Crippen LogP contribution in [-0.2, 0) is 14.3 Å². The van der Waals surface area contributed by atoms with Gasteiger partial charge in [0, 0.05) is 18.8 Å². The molecule has 3 heteroatoms. The highest BCUT2D eigenvalue weighted by Gasteiger charge is 2.43. The summed E-state index contributed by atoms with van der Waals surface area (Å²) in [5.41, 5.74) is 1.08. The van der Waals surface area contributed by atoms with Gasteiger partial charge >= 0.3 is 5.97 Å². The van der Waals surface area contributed by atoms with Crippen molar-refractivity contribution in [2.24, 2.45) is 5.41 Å². The lowest BCUT2D eigenvalue weighted by molar-refractivity contribution is -0.152. The summed E-state index contributed by atoms with van der Waals surface area (Å²) in [5, 5.41) is 0. The molecule has 0 unspecified atom stereocenters. The fraction of sp³-hybridized carbons (Fsp3) is 0.714. The molecule has 0 N–H and O–H groups in total. The first-order chi connectivity index (χ1) is 8.02. The van der Waals surface area contributed by atoms with Gasteiger partial charge in [-0.3, -0.25) is 9.59 Å². The number of ketones is 1. The molecule has 1 fully saturated rings. The zero-order valence-electron chi connectivity index (χ0n) is 10.6. The minimum absolute atomic E-state index is 0.0538. The summed E-state index contributed by atoms with van der Waals surface area (Å²) in [5.74, 6) is 0.00956. The van der Waals surface area contributed by atoms with Gasteiger partial charge in [-0.25, -0.2) is 0 Å². The smallest absolute Gasteiger partial charge is 0.302 e. The molecule has 2 aliphatic carbocycles. The molecule has 2 aliphatic rings. The number of carbonyl (C=O) groups excluding carboxylic acids is 2. The third kappa shape index (κ3) is 2.43. The van der Waals surface area contributed by atoms with Crippen LogP contribution < -0.4 is 0 Å². The van der Waals surface area contributed by atoms with Crippen LogP contribution in [0.2, 0.25) is 0 Å². The van der Waals surface area contributed by atoms with Crippen molar-refractivity contribution in [2.45, 2.75) is 58.5 Å². The molecule has 0 aromatic rings. The molecular formula is C14H20O3. The Balaban J connectivity index is 2.30. The van der Waals surface area contributed by atoms with Crippen molar-refractivity contribution in [2.75, 3.05) is 0 Å². The highest BCUT2D eigenvalue weighted by atomic mass is 16.5. The fourth-order valence-electron chi connectivity index (χ4n) is 3.05. The molecule has 1 saturated carbocycles. The maximum Gasteiger partial charge on any atom is 0.302 e. The average molecular weight is 236 g/mol. The van der Waals surface area contributed by atoms with E-state index in [4.69, 9.17) is 4.74 Å². The van der Waals surface area contributed by atoms with E-state index in [1.165, 1.54) is 12.5 Å². The van der Waals surface area contributed by atoms with Crippen LogP contribution in [-0.4, -0.2) is 17.9 Å². The average Bonchev–Trinajstić information content (AvgIpc) is 2.40. The molecule has 94 valence electrons. The monoisotopic (exact) mass is 236 g/mol. The lowest BCUT2D eigenvalue weighted by atomic mass is 9.69. The number of carbonyl (C=O) groups is 2. The predicted molar refractivity (Wildman–Crippen MR) is 64.5 cm³/mol. The molecule has 0 aromatic heterocycles. The minimum atomic E-state index is -0.214. The van der Waals surface area contributed by atoms with Gasteiger partial charge in [0.15, 0.2) is 5.78 Å². The van der Waals surface area contributed by atoms with Crippen molar-refractivity contribution in [1.82, 2.24) is 0 Å². The fourth-order valence-corrected chi connectivity index (χ4v) is 3.05. The molecule has 0 amide bonds. The SMILES string of the molecule is CC(=O)O[C@@H]1CCCCC2=CC(=O)CC[C@@]21C. The van der Waals surface area contributed by atoms with Gasteiger partial charge in [0.05, 0.1) is 0 Å². The Morgan fingerprint density at radius 1 is 1.41 bits per heavy atom. The molecule has 0 saturated heterocycles. The number of hydrogen-bond acceptors (Lipinski definition) is 3. The van der Waals surface area contributed by atoms with E-state index >= 15 is 0 Å². The van der Waals surface area contributed by atoms with Gasteiger partial charge in [-0.05, 0) is 38.2 Å². The second-order valence-electron chi connectivity index (χ2n) is 5.40. The van der Waals surface area contributed by atoms with E-state index in [1.807, 2.05) is 0 Å². The second-order valence-corrected chi connectivity index (χ2v) is 5.40. The van der Waals surface area contributed by atoms with Crippen molar-refractivity contribution in [3.8, 4) is 0 Å². The zero-order chi connectivity index (χ0) is 12.5. The van der Waals surface area contributed by atoms with Crippen molar-refractivity contribution >= 4 is 11.8 Å². The van der Waals surface area contributed by atoms with Gasteiger partial charge in [-0.2, -0.15) is 0 Å². The maximum atomic E-state index is 11.5. The second kappa shape index (κ2) is 4.63. The third-order valence-electron chi connectivity index (χ3n) is 4.14. The summed E-state index contributed by atoms with van der Waals surface area (Å²) < 4.78 is 5.49. The summed E-state index contributed by atoms with van der Waals surface area (Å²) in [6.07, 6.45) is 7.19. The number of hydrogen-bond donors (Lipinski definition) is 0. The molecule has 0 bridgehead atoms. The largest absolute Gasteiger partial charge is 0.462 e. The molecule has 0 heterocycles. The van der Waals surface area contributed by atoms with Crippen LogP contribution in [0.15, 0.2) is 11.6 Å². The van der Waals surface area contributed by atoms with Crippen LogP contribution in [0.5, 0.6) is 0 Å². The Kier molecular flexibility index (Phi) is 3.36. The van der Waals surface area contributed by atoms with E-state index in [1.54, 1.807) is 6.08 Å². The van der Waals surface area contributed by atoms with Crippen LogP contribution in [0.1, 0.15) is 52.4 Å². The first-order valence-electron chi connectivity index (χ1n) is 6.43. The van der Waals surface area contributed by atoms with E-state index in [9.17, 15) is 9.59 Å². The number of ether oxygens (including phenoxy) is 1. The number of rotatable bonds is 1. The highest BCUT2D eigenvalue weighted by molar-refractivity contribution is 5.91. The lowest BCUT2D eigenvalue weighted by Crippen LogP contribution is -2.39. The summed E-state index contributed by atoms with van der Waals surface area (Å²) in [7, 11) is 0. The normalized spacial score (nSPS) is 33.4. The topological polar surface area (TPSA) is 43.4 Å². The van der Waals surface area contributed by atoms with Gasteiger partial charge in [-0.15, -0.1) is 0 Å². The molecule has 3 nitrogen and oxygen atoms in total. The molecule has 17 heavy (non-hydrogen) atoms. The molecular weight excluding hydrogens is 216 g/mol. The minimum Gasteiger partial charge on any atom is -0.462 e. The van der Waals surface area contributed by atoms with Gasteiger partial charge < -0.3 is 4.74 Å². The van der Waals surface area contributed by atoms with Crippen molar-refractivity contribution in [1.29, 1.82) is 0 Å². The van der Waals surface area contributed by atoms with E-state index < -0.39 is 0 Å². The van der Waals surface area contributed by atoms with Crippen LogP contribution in [0.4, 0.5) is 0 Å².